The quantitative estimate of drug-likeness (QED) is 0.709. The van der Waals surface area contributed by atoms with Crippen LogP contribution < -0.4 is 5.32 Å². The van der Waals surface area contributed by atoms with Gasteiger partial charge in [0.2, 0.25) is 0 Å². The smallest absolute Gasteiger partial charge is 0.0233 e. The molecule has 0 aliphatic rings. The molecule has 0 amide bonds. The van der Waals surface area contributed by atoms with Gasteiger partial charge in [-0.2, -0.15) is 0 Å². The summed E-state index contributed by atoms with van der Waals surface area (Å²) in [5.74, 6) is 0. The molecule has 0 heterocycles. The molecular weight excluding hydrogens is 220 g/mol. The molecule has 0 saturated heterocycles. The second-order valence-corrected chi connectivity index (χ2v) is 5.17. The molecule has 1 aromatic rings. The monoisotopic (exact) mass is 248 g/mol. The third kappa shape index (κ3) is 5.19. The number of benzene rings is 1. The van der Waals surface area contributed by atoms with Crippen LogP contribution in [0.3, 0.4) is 0 Å². The Kier molecular flexibility index (Phi) is 6.99. The first-order valence-corrected chi connectivity index (χ1v) is 7.16. The summed E-state index contributed by atoms with van der Waals surface area (Å²) in [5.41, 5.74) is 2.80. The maximum atomic E-state index is 3.45. The van der Waals surface area contributed by atoms with Crippen molar-refractivity contribution in [1.82, 2.24) is 10.2 Å². The Labute approximate surface area is 112 Å². The van der Waals surface area contributed by atoms with E-state index in [4.69, 9.17) is 0 Å². The number of hydrogen-bond acceptors (Lipinski definition) is 2. The molecule has 1 rings (SSSR count). The van der Waals surface area contributed by atoms with E-state index in [1.54, 1.807) is 0 Å². The molecule has 0 bridgehead atoms. The molecule has 0 spiro atoms. The van der Waals surface area contributed by atoms with Crippen molar-refractivity contribution in [1.29, 1.82) is 0 Å². The zero-order valence-electron chi connectivity index (χ0n) is 12.4. The average Bonchev–Trinajstić information content (AvgIpc) is 2.38. The first kappa shape index (κ1) is 15.2. The molecule has 0 radical (unpaired) electrons. The zero-order chi connectivity index (χ0) is 13.4. The number of nitrogens with zero attached hydrogens (tertiary/aromatic N) is 1. The fraction of sp³-hybridized carbons (Fsp3) is 0.625. The summed E-state index contributed by atoms with van der Waals surface area (Å²) in [6.07, 6.45) is 2.39. The van der Waals surface area contributed by atoms with Gasteiger partial charge < -0.3 is 5.32 Å². The topological polar surface area (TPSA) is 15.3 Å². The van der Waals surface area contributed by atoms with Crippen molar-refractivity contribution in [3.05, 3.63) is 35.4 Å². The van der Waals surface area contributed by atoms with Gasteiger partial charge in [-0.1, -0.05) is 38.1 Å². The van der Waals surface area contributed by atoms with E-state index in [-0.39, 0.29) is 0 Å². The first-order valence-electron chi connectivity index (χ1n) is 7.16. The van der Waals surface area contributed by atoms with Crippen molar-refractivity contribution >= 4 is 0 Å². The summed E-state index contributed by atoms with van der Waals surface area (Å²) in [6.45, 7) is 9.84. The second kappa shape index (κ2) is 8.28. The van der Waals surface area contributed by atoms with Gasteiger partial charge in [-0.25, -0.2) is 0 Å². The largest absolute Gasteiger partial charge is 0.313 e. The molecule has 1 aromatic carbocycles. The Balaban J connectivity index is 2.53. The Morgan fingerprint density at radius 1 is 1.22 bits per heavy atom. The molecule has 0 aliphatic heterocycles. The van der Waals surface area contributed by atoms with Gasteiger partial charge in [-0.05, 0) is 44.5 Å². The van der Waals surface area contributed by atoms with Crippen molar-refractivity contribution in [2.24, 2.45) is 0 Å². The molecule has 1 N–H and O–H groups in total. The lowest BCUT2D eigenvalue weighted by atomic mass is 10.1. The van der Waals surface area contributed by atoms with E-state index in [1.165, 1.54) is 24.0 Å². The van der Waals surface area contributed by atoms with Gasteiger partial charge in [0.25, 0.3) is 0 Å². The van der Waals surface area contributed by atoms with Crippen LogP contribution in [0.5, 0.6) is 0 Å². The predicted octanol–water partition coefficient (Wildman–Crippen LogP) is 3.42. The molecular formula is C16H28N2. The molecule has 1 unspecified atom stereocenters. The fourth-order valence-corrected chi connectivity index (χ4v) is 2.00. The van der Waals surface area contributed by atoms with E-state index in [1.807, 2.05) is 0 Å². The van der Waals surface area contributed by atoms with Crippen LogP contribution in [0.4, 0.5) is 0 Å². The highest BCUT2D eigenvalue weighted by molar-refractivity contribution is 5.23. The molecule has 2 heteroatoms. The van der Waals surface area contributed by atoms with Gasteiger partial charge in [-0.3, -0.25) is 4.90 Å². The maximum Gasteiger partial charge on any atom is 0.0233 e. The maximum absolute atomic E-state index is 3.45. The number of nitrogens with one attached hydrogen (secondary N) is 1. The average molecular weight is 248 g/mol. The standard InChI is InChI=1S/C16H28N2/c1-5-10-17-12-15-8-7-9-16(11-15)13-18(4)14(3)6-2/h7-9,11,14,17H,5-6,10,12-13H2,1-4H3. The summed E-state index contributed by atoms with van der Waals surface area (Å²) in [6, 6.07) is 9.56. The normalized spacial score (nSPS) is 12.9. The lowest BCUT2D eigenvalue weighted by Crippen LogP contribution is -2.27. The minimum Gasteiger partial charge on any atom is -0.313 e. The van der Waals surface area contributed by atoms with Crippen LogP contribution >= 0.6 is 0 Å². The Morgan fingerprint density at radius 2 is 1.94 bits per heavy atom. The summed E-state index contributed by atoms with van der Waals surface area (Å²) < 4.78 is 0. The van der Waals surface area contributed by atoms with Crippen LogP contribution in [0.2, 0.25) is 0 Å². The van der Waals surface area contributed by atoms with Crippen molar-refractivity contribution in [2.45, 2.75) is 52.7 Å². The van der Waals surface area contributed by atoms with E-state index >= 15 is 0 Å². The van der Waals surface area contributed by atoms with Gasteiger partial charge in [0.05, 0.1) is 0 Å². The van der Waals surface area contributed by atoms with Crippen molar-refractivity contribution in [3.8, 4) is 0 Å². The molecule has 0 aromatic heterocycles. The second-order valence-electron chi connectivity index (χ2n) is 5.17. The summed E-state index contributed by atoms with van der Waals surface area (Å²) in [5, 5.41) is 3.45. The van der Waals surface area contributed by atoms with Crippen LogP contribution in [-0.4, -0.2) is 24.5 Å². The first-order chi connectivity index (χ1) is 8.67. The van der Waals surface area contributed by atoms with Gasteiger partial charge in [0.15, 0.2) is 0 Å². The summed E-state index contributed by atoms with van der Waals surface area (Å²) in [7, 11) is 2.20. The minimum atomic E-state index is 0.645. The number of rotatable bonds is 8. The summed E-state index contributed by atoms with van der Waals surface area (Å²) in [4.78, 5) is 2.42. The van der Waals surface area contributed by atoms with E-state index in [0.29, 0.717) is 6.04 Å². The van der Waals surface area contributed by atoms with Crippen LogP contribution in [0.1, 0.15) is 44.7 Å². The Bertz CT molecular complexity index is 336. The highest BCUT2D eigenvalue weighted by Gasteiger charge is 2.07. The van der Waals surface area contributed by atoms with Crippen LogP contribution in [0, 0.1) is 0 Å². The van der Waals surface area contributed by atoms with Crippen LogP contribution in [-0.2, 0) is 13.1 Å². The van der Waals surface area contributed by atoms with Crippen molar-refractivity contribution < 1.29 is 0 Å². The van der Waals surface area contributed by atoms with E-state index in [2.05, 4.69) is 62.3 Å². The highest BCUT2D eigenvalue weighted by Crippen LogP contribution is 2.10. The van der Waals surface area contributed by atoms with Crippen molar-refractivity contribution in [3.63, 3.8) is 0 Å². The Morgan fingerprint density at radius 3 is 2.61 bits per heavy atom. The minimum absolute atomic E-state index is 0.645. The molecule has 1 atom stereocenters. The third-order valence-electron chi connectivity index (χ3n) is 3.52. The van der Waals surface area contributed by atoms with Gasteiger partial charge in [0, 0.05) is 19.1 Å². The van der Waals surface area contributed by atoms with E-state index in [9.17, 15) is 0 Å². The molecule has 0 aliphatic carbocycles. The summed E-state index contributed by atoms with van der Waals surface area (Å²) >= 11 is 0. The molecule has 0 fully saturated rings. The molecule has 102 valence electrons. The lowest BCUT2D eigenvalue weighted by Gasteiger charge is -2.23. The number of hydrogen-bond donors (Lipinski definition) is 1. The highest BCUT2D eigenvalue weighted by atomic mass is 15.1. The fourth-order valence-electron chi connectivity index (χ4n) is 2.00. The molecule has 2 nitrogen and oxygen atoms in total. The van der Waals surface area contributed by atoms with E-state index in [0.717, 1.165) is 19.6 Å². The Hall–Kier alpha value is -0.860. The lowest BCUT2D eigenvalue weighted by molar-refractivity contribution is 0.244. The van der Waals surface area contributed by atoms with Crippen molar-refractivity contribution in [2.75, 3.05) is 13.6 Å². The van der Waals surface area contributed by atoms with Crippen LogP contribution in [0.15, 0.2) is 24.3 Å². The van der Waals surface area contributed by atoms with Crippen LogP contribution in [0.25, 0.3) is 0 Å². The van der Waals surface area contributed by atoms with Gasteiger partial charge in [-0.15, -0.1) is 0 Å². The molecule has 18 heavy (non-hydrogen) atoms. The van der Waals surface area contributed by atoms with Gasteiger partial charge in [0.1, 0.15) is 0 Å². The predicted molar refractivity (Wildman–Crippen MR) is 79.7 cm³/mol. The zero-order valence-corrected chi connectivity index (χ0v) is 12.4. The molecule has 0 saturated carbocycles. The SMILES string of the molecule is CCCNCc1cccc(CN(C)C(C)CC)c1. The third-order valence-corrected chi connectivity index (χ3v) is 3.52. The van der Waals surface area contributed by atoms with E-state index < -0.39 is 0 Å². The van der Waals surface area contributed by atoms with Gasteiger partial charge >= 0.3 is 0 Å².